The largest absolute Gasteiger partial charge is 0.457 e. The summed E-state index contributed by atoms with van der Waals surface area (Å²) in [5, 5.41) is 18.3. The summed E-state index contributed by atoms with van der Waals surface area (Å²) < 4.78 is 19.2. The Hall–Kier alpha value is -5.91. The molecule has 1 heterocycles. The predicted molar refractivity (Wildman–Crippen MR) is 225 cm³/mol. The normalized spacial score (nSPS) is 17.7. The summed E-state index contributed by atoms with van der Waals surface area (Å²) in [6, 6.07) is 48.5. The van der Waals surface area contributed by atoms with E-state index in [9.17, 15) is 14.7 Å². The van der Waals surface area contributed by atoms with Gasteiger partial charge in [0.2, 0.25) is 5.91 Å². The van der Waals surface area contributed by atoms with E-state index in [1.165, 1.54) is 6.92 Å². The Balaban J connectivity index is 0.986. The third-order valence-corrected chi connectivity index (χ3v) is 10.8. The van der Waals surface area contributed by atoms with Crippen molar-refractivity contribution in [3.05, 3.63) is 174 Å². The van der Waals surface area contributed by atoms with Gasteiger partial charge in [-0.15, -0.1) is 11.8 Å². The number of amides is 3. The molecule has 9 nitrogen and oxygen atoms in total. The molecule has 10 heteroatoms. The molecule has 0 radical (unpaired) electrons. The fraction of sp³-hybridized carbons (Fsp3) is 0.191. The Morgan fingerprint density at radius 3 is 2.05 bits per heavy atom. The van der Waals surface area contributed by atoms with E-state index in [2.05, 4.69) is 47.1 Å². The molecule has 4 N–H and O–H groups in total. The lowest BCUT2D eigenvalue weighted by Crippen LogP contribution is -2.38. The van der Waals surface area contributed by atoms with E-state index in [-0.39, 0.29) is 36.7 Å². The molecular weight excluding hydrogens is 735 g/mol. The third-order valence-electron chi connectivity index (χ3n) is 9.70. The van der Waals surface area contributed by atoms with Crippen molar-refractivity contribution in [2.45, 2.75) is 50.4 Å². The number of para-hydroxylation sites is 1. The molecule has 290 valence electrons. The van der Waals surface area contributed by atoms with Crippen LogP contribution in [0.4, 0.5) is 16.2 Å². The second-order valence-electron chi connectivity index (χ2n) is 13.9. The van der Waals surface area contributed by atoms with Gasteiger partial charge in [0.1, 0.15) is 11.5 Å². The second kappa shape index (κ2) is 18.8. The minimum atomic E-state index is -0.591. The average Bonchev–Trinajstić information content (AvgIpc) is 3.24. The fourth-order valence-corrected chi connectivity index (χ4v) is 7.68. The van der Waals surface area contributed by atoms with Gasteiger partial charge in [-0.05, 0) is 94.5 Å². The fourth-order valence-electron chi connectivity index (χ4n) is 6.61. The van der Waals surface area contributed by atoms with Crippen molar-refractivity contribution in [3.8, 4) is 22.6 Å². The van der Waals surface area contributed by atoms with Gasteiger partial charge in [-0.2, -0.15) is 0 Å². The second-order valence-corrected chi connectivity index (χ2v) is 15.0. The quantitative estimate of drug-likeness (QED) is 0.0862. The molecule has 0 unspecified atom stereocenters. The average molecular weight is 780 g/mol. The number of ether oxygens (including phenoxy) is 3. The van der Waals surface area contributed by atoms with Gasteiger partial charge in [-0.3, -0.25) is 4.79 Å². The summed E-state index contributed by atoms with van der Waals surface area (Å²) in [6.45, 7) is 3.99. The zero-order valence-corrected chi connectivity index (χ0v) is 32.6. The van der Waals surface area contributed by atoms with Crippen LogP contribution < -0.4 is 20.7 Å². The van der Waals surface area contributed by atoms with Gasteiger partial charge in [0, 0.05) is 47.0 Å². The Kier molecular flexibility index (Phi) is 13.0. The topological polar surface area (TPSA) is 118 Å². The lowest BCUT2D eigenvalue weighted by atomic mass is 9.91. The molecule has 57 heavy (non-hydrogen) atoms. The zero-order chi connectivity index (χ0) is 39.6. The summed E-state index contributed by atoms with van der Waals surface area (Å²) in [6.07, 6.45) is -0.939. The molecule has 1 fully saturated rings. The molecule has 6 aromatic carbocycles. The monoisotopic (exact) mass is 779 g/mol. The highest BCUT2D eigenvalue weighted by Gasteiger charge is 2.38. The van der Waals surface area contributed by atoms with Gasteiger partial charge in [-0.25, -0.2) is 4.79 Å². The molecule has 3 amide bonds. The van der Waals surface area contributed by atoms with E-state index in [0.717, 1.165) is 49.7 Å². The number of urea groups is 1. The standard InChI is InChI=1S/C47H45N3O6S/c1-31-44(30-57-43-25-21-39(22-26-43)49-32(2)52)55-46(56-45(31)36-13-11-33(29-51)12-14-36)37-17-15-35(16-18-37)38-8-6-7-34(27-38)28-48-47(53)50-40-19-23-42(24-20-40)54-41-9-4-3-5-10-41/h3-27,31,44-46,51H,28-30H2,1-2H3,(H,49,52)(H2,48,50,53)/t31-,44+,45+,46+/m0/s1. The molecule has 1 saturated heterocycles. The Morgan fingerprint density at radius 1 is 0.684 bits per heavy atom. The molecule has 0 aromatic heterocycles. The van der Waals surface area contributed by atoms with Crippen LogP contribution in [0.5, 0.6) is 11.5 Å². The number of benzene rings is 6. The number of thioether (sulfide) groups is 1. The van der Waals surface area contributed by atoms with Crippen molar-refractivity contribution in [2.75, 3.05) is 16.4 Å². The maximum atomic E-state index is 12.7. The SMILES string of the molecule is CC(=O)Nc1ccc(SC[C@H]2O[C@@H](c3ccc(-c4cccc(CNC(=O)Nc5ccc(Oc6ccccc6)cc5)c4)cc3)O[C@@H](c3ccc(CO)cc3)[C@H]2C)cc1. The van der Waals surface area contributed by atoms with E-state index in [1.54, 1.807) is 23.9 Å². The van der Waals surface area contributed by atoms with Crippen LogP contribution in [0.2, 0.25) is 0 Å². The highest BCUT2D eigenvalue weighted by atomic mass is 32.2. The molecule has 0 bridgehead atoms. The van der Waals surface area contributed by atoms with E-state index >= 15 is 0 Å². The van der Waals surface area contributed by atoms with Gasteiger partial charge in [0.25, 0.3) is 0 Å². The van der Waals surface area contributed by atoms with Crippen molar-refractivity contribution in [3.63, 3.8) is 0 Å². The summed E-state index contributed by atoms with van der Waals surface area (Å²) in [5.74, 6) is 2.08. The van der Waals surface area contributed by atoms with Gasteiger partial charge < -0.3 is 35.3 Å². The summed E-state index contributed by atoms with van der Waals surface area (Å²) in [5.41, 5.74) is 7.22. The Morgan fingerprint density at radius 2 is 1.35 bits per heavy atom. The number of carbonyl (C=O) groups excluding carboxylic acids is 2. The van der Waals surface area contributed by atoms with E-state index < -0.39 is 6.29 Å². The summed E-state index contributed by atoms with van der Waals surface area (Å²) >= 11 is 1.71. The van der Waals surface area contributed by atoms with Gasteiger partial charge >= 0.3 is 6.03 Å². The van der Waals surface area contributed by atoms with Crippen LogP contribution in [0.1, 0.15) is 48.5 Å². The first-order chi connectivity index (χ1) is 27.8. The predicted octanol–water partition coefficient (Wildman–Crippen LogP) is 10.5. The Labute approximate surface area is 337 Å². The van der Waals surface area contributed by atoms with Gasteiger partial charge in [-0.1, -0.05) is 91.9 Å². The number of carbonyl (C=O) groups is 2. The summed E-state index contributed by atoms with van der Waals surface area (Å²) in [4.78, 5) is 25.3. The molecule has 6 aromatic rings. The number of anilines is 2. The van der Waals surface area contributed by atoms with Crippen LogP contribution >= 0.6 is 11.8 Å². The molecule has 4 atom stereocenters. The molecule has 1 aliphatic heterocycles. The van der Waals surface area contributed by atoms with E-state index in [1.807, 2.05) is 115 Å². The van der Waals surface area contributed by atoms with Crippen LogP contribution in [-0.2, 0) is 27.4 Å². The van der Waals surface area contributed by atoms with Gasteiger partial charge in [0.15, 0.2) is 6.29 Å². The smallest absolute Gasteiger partial charge is 0.319 e. The highest BCUT2D eigenvalue weighted by molar-refractivity contribution is 7.99. The molecule has 1 aliphatic rings. The molecule has 0 aliphatic carbocycles. The zero-order valence-electron chi connectivity index (χ0n) is 31.8. The number of hydrogen-bond donors (Lipinski definition) is 4. The van der Waals surface area contributed by atoms with Crippen molar-refractivity contribution >= 4 is 35.1 Å². The number of aliphatic hydroxyl groups is 1. The van der Waals surface area contributed by atoms with Crippen LogP contribution in [0, 0.1) is 5.92 Å². The summed E-state index contributed by atoms with van der Waals surface area (Å²) in [7, 11) is 0. The van der Waals surface area contributed by atoms with E-state index in [0.29, 0.717) is 23.7 Å². The Bertz CT molecular complexity index is 2230. The minimum absolute atomic E-state index is 0.0181. The van der Waals surface area contributed by atoms with Crippen LogP contribution in [-0.4, -0.2) is 28.9 Å². The van der Waals surface area contributed by atoms with Crippen molar-refractivity contribution < 1.29 is 28.9 Å². The van der Waals surface area contributed by atoms with E-state index in [4.69, 9.17) is 14.2 Å². The number of rotatable bonds is 13. The maximum absolute atomic E-state index is 12.7. The van der Waals surface area contributed by atoms with Crippen LogP contribution in [0.25, 0.3) is 11.1 Å². The highest BCUT2D eigenvalue weighted by Crippen LogP contribution is 2.43. The lowest BCUT2D eigenvalue weighted by molar-refractivity contribution is -0.268. The first kappa shape index (κ1) is 39.3. The van der Waals surface area contributed by atoms with Gasteiger partial charge in [0.05, 0.1) is 18.8 Å². The van der Waals surface area contributed by atoms with Crippen molar-refractivity contribution in [2.24, 2.45) is 5.92 Å². The first-order valence-corrected chi connectivity index (χ1v) is 19.9. The van der Waals surface area contributed by atoms with Crippen molar-refractivity contribution in [1.29, 1.82) is 0 Å². The minimum Gasteiger partial charge on any atom is -0.457 e. The molecule has 0 saturated carbocycles. The van der Waals surface area contributed by atoms with Crippen molar-refractivity contribution in [1.82, 2.24) is 5.32 Å². The number of aliphatic hydroxyl groups excluding tert-OH is 1. The molecular formula is C47H45N3O6S. The molecule has 0 spiro atoms. The lowest BCUT2D eigenvalue weighted by Gasteiger charge is -2.41. The number of nitrogens with one attached hydrogen (secondary N) is 3. The molecule has 7 rings (SSSR count). The van der Waals surface area contributed by atoms with Crippen LogP contribution in [0.15, 0.2) is 157 Å². The van der Waals surface area contributed by atoms with Crippen LogP contribution in [0.3, 0.4) is 0 Å². The number of hydrogen-bond acceptors (Lipinski definition) is 7. The first-order valence-electron chi connectivity index (χ1n) is 18.9. The maximum Gasteiger partial charge on any atom is 0.319 e. The third kappa shape index (κ3) is 10.7.